The van der Waals surface area contributed by atoms with E-state index in [1.807, 2.05) is 36.4 Å². The number of carbonyl (C=O) groups excluding carboxylic acids is 1. The van der Waals surface area contributed by atoms with Crippen molar-refractivity contribution in [3.63, 3.8) is 0 Å². The second kappa shape index (κ2) is 9.16. The first-order valence-electron chi connectivity index (χ1n) is 12.7. The predicted octanol–water partition coefficient (Wildman–Crippen LogP) is 5.37. The summed E-state index contributed by atoms with van der Waals surface area (Å²) in [6.45, 7) is 7.44. The van der Waals surface area contributed by atoms with Crippen molar-refractivity contribution in [1.29, 1.82) is 0 Å². The van der Waals surface area contributed by atoms with E-state index in [9.17, 15) is 9.36 Å². The third-order valence-electron chi connectivity index (χ3n) is 7.40. The molecule has 2 aliphatic rings. The van der Waals surface area contributed by atoms with Crippen LogP contribution in [0.1, 0.15) is 22.3 Å². The van der Waals surface area contributed by atoms with Crippen molar-refractivity contribution in [3.8, 4) is 11.1 Å². The standard InChI is InChI=1S/C29H31N4O3P/c1-32-11-13-33(14-12-32)22-16-21(17-23(18-22)37(2,3)35)30-29-31-26-6-4-5-25(28(26)36-29)20-7-9-24-19(15-20)8-10-27(24)34/h4-7,9,15-18H,8,10-14H2,1-3H3,(H,30,31). The first kappa shape index (κ1) is 24.0. The summed E-state index contributed by atoms with van der Waals surface area (Å²) in [7, 11) is -0.344. The maximum Gasteiger partial charge on any atom is 0.300 e. The number of hydrogen-bond donors (Lipinski definition) is 1. The number of oxazole rings is 1. The monoisotopic (exact) mass is 514 g/mol. The second-order valence-electron chi connectivity index (χ2n) is 10.5. The molecule has 0 saturated carbocycles. The fourth-order valence-corrected chi connectivity index (χ4v) is 6.09. The Morgan fingerprint density at radius 1 is 0.946 bits per heavy atom. The molecule has 0 atom stereocenters. The molecule has 0 spiro atoms. The molecule has 1 aliphatic heterocycles. The number of Topliss-reactive ketones (excluding diaryl/α,β-unsaturated/α-hetero) is 1. The van der Waals surface area contributed by atoms with Gasteiger partial charge in [0.05, 0.1) is 0 Å². The summed E-state index contributed by atoms with van der Waals surface area (Å²) in [5.41, 5.74) is 7.19. The number of aryl methyl sites for hydroxylation is 1. The molecule has 1 saturated heterocycles. The van der Waals surface area contributed by atoms with E-state index in [2.05, 4.69) is 40.4 Å². The Hall–Kier alpha value is -3.41. The van der Waals surface area contributed by atoms with Crippen molar-refractivity contribution in [2.45, 2.75) is 12.8 Å². The predicted molar refractivity (Wildman–Crippen MR) is 151 cm³/mol. The molecule has 4 aromatic rings. The van der Waals surface area contributed by atoms with Gasteiger partial charge in [0.15, 0.2) is 11.4 Å². The topological polar surface area (TPSA) is 78.7 Å². The molecule has 0 bridgehead atoms. The van der Waals surface area contributed by atoms with Gasteiger partial charge in [0.2, 0.25) is 0 Å². The molecule has 190 valence electrons. The summed E-state index contributed by atoms with van der Waals surface area (Å²) in [6, 6.07) is 18.4. The molecule has 0 amide bonds. The lowest BCUT2D eigenvalue weighted by molar-refractivity contribution is 0.0994. The van der Waals surface area contributed by atoms with Gasteiger partial charge in [0.25, 0.3) is 6.01 Å². The van der Waals surface area contributed by atoms with Crippen LogP contribution in [-0.2, 0) is 11.0 Å². The van der Waals surface area contributed by atoms with Crippen molar-refractivity contribution < 1.29 is 13.8 Å². The van der Waals surface area contributed by atoms with Gasteiger partial charge in [0, 0.05) is 60.4 Å². The number of likely N-dealkylation sites (N-methyl/N-ethyl adjacent to an activating group) is 1. The fraction of sp³-hybridized carbons (Fsp3) is 0.310. The fourth-order valence-electron chi connectivity index (χ4n) is 5.20. The molecule has 1 fully saturated rings. The van der Waals surface area contributed by atoms with Crippen molar-refractivity contribution in [1.82, 2.24) is 9.88 Å². The molecular weight excluding hydrogens is 483 g/mol. The molecule has 37 heavy (non-hydrogen) atoms. The van der Waals surface area contributed by atoms with E-state index in [4.69, 9.17) is 9.40 Å². The molecular formula is C29H31N4O3P. The third kappa shape index (κ3) is 4.70. The Bertz CT molecular complexity index is 1560. The van der Waals surface area contributed by atoms with Crippen LogP contribution >= 0.6 is 7.14 Å². The van der Waals surface area contributed by atoms with E-state index < -0.39 is 7.14 Å². The average molecular weight is 515 g/mol. The van der Waals surface area contributed by atoms with Crippen LogP contribution in [0.25, 0.3) is 22.2 Å². The summed E-state index contributed by atoms with van der Waals surface area (Å²) >= 11 is 0. The Morgan fingerprint density at radius 3 is 2.54 bits per heavy atom. The quantitative estimate of drug-likeness (QED) is 0.359. The molecule has 1 aromatic heterocycles. The van der Waals surface area contributed by atoms with Gasteiger partial charge in [-0.3, -0.25) is 4.79 Å². The number of fused-ring (bicyclic) bond motifs is 2. The number of anilines is 3. The maximum absolute atomic E-state index is 13.0. The number of nitrogens with zero attached hydrogens (tertiary/aromatic N) is 3. The highest BCUT2D eigenvalue weighted by atomic mass is 31.2. The zero-order valence-electron chi connectivity index (χ0n) is 21.5. The van der Waals surface area contributed by atoms with Gasteiger partial charge >= 0.3 is 0 Å². The lowest BCUT2D eigenvalue weighted by Gasteiger charge is -2.34. The molecule has 8 heteroatoms. The van der Waals surface area contributed by atoms with Crippen LogP contribution in [0, 0.1) is 0 Å². The smallest absolute Gasteiger partial charge is 0.300 e. The number of carbonyl (C=O) groups is 1. The molecule has 7 nitrogen and oxygen atoms in total. The van der Waals surface area contributed by atoms with Crippen LogP contribution < -0.4 is 15.5 Å². The Labute approximate surface area is 216 Å². The Morgan fingerprint density at radius 2 is 1.76 bits per heavy atom. The van der Waals surface area contributed by atoms with Gasteiger partial charge in [-0.05, 0) is 62.2 Å². The highest BCUT2D eigenvalue weighted by Gasteiger charge is 2.22. The molecule has 1 N–H and O–H groups in total. The molecule has 0 unspecified atom stereocenters. The minimum atomic E-state index is -2.48. The molecule has 2 heterocycles. The summed E-state index contributed by atoms with van der Waals surface area (Å²) in [5, 5.41) is 4.17. The zero-order chi connectivity index (χ0) is 25.7. The number of ketones is 1. The zero-order valence-corrected chi connectivity index (χ0v) is 22.3. The van der Waals surface area contributed by atoms with Gasteiger partial charge in [-0.15, -0.1) is 0 Å². The van der Waals surface area contributed by atoms with Crippen LogP contribution in [0.3, 0.4) is 0 Å². The number of aromatic nitrogens is 1. The minimum Gasteiger partial charge on any atom is -0.423 e. The van der Waals surface area contributed by atoms with E-state index in [0.29, 0.717) is 18.0 Å². The first-order chi connectivity index (χ1) is 17.7. The number of rotatable bonds is 5. The van der Waals surface area contributed by atoms with Crippen molar-refractivity contribution in [2.75, 3.05) is 56.8 Å². The summed E-state index contributed by atoms with van der Waals surface area (Å²) in [6.07, 6.45) is 1.36. The van der Waals surface area contributed by atoms with E-state index in [1.165, 1.54) is 0 Å². The highest BCUT2D eigenvalue weighted by Crippen LogP contribution is 2.38. The summed E-state index contributed by atoms with van der Waals surface area (Å²) in [5.74, 6) is 0.216. The van der Waals surface area contributed by atoms with Crippen LogP contribution in [0.2, 0.25) is 0 Å². The summed E-state index contributed by atoms with van der Waals surface area (Å²) < 4.78 is 19.3. The van der Waals surface area contributed by atoms with Crippen molar-refractivity contribution in [3.05, 3.63) is 65.7 Å². The van der Waals surface area contributed by atoms with E-state index in [-0.39, 0.29) is 5.78 Å². The van der Waals surface area contributed by atoms with Gasteiger partial charge in [-0.1, -0.05) is 30.3 Å². The van der Waals surface area contributed by atoms with Crippen molar-refractivity contribution >= 4 is 46.7 Å². The molecule has 0 radical (unpaired) electrons. The van der Waals surface area contributed by atoms with E-state index in [1.54, 1.807) is 13.3 Å². The van der Waals surface area contributed by atoms with E-state index in [0.717, 1.165) is 77.0 Å². The van der Waals surface area contributed by atoms with Crippen molar-refractivity contribution in [2.24, 2.45) is 0 Å². The number of piperazine rings is 1. The molecule has 3 aromatic carbocycles. The number of benzene rings is 3. The second-order valence-corrected chi connectivity index (χ2v) is 13.7. The number of nitrogens with one attached hydrogen (secondary N) is 1. The molecule has 6 rings (SSSR count). The lowest BCUT2D eigenvalue weighted by Crippen LogP contribution is -2.44. The number of hydrogen-bond acceptors (Lipinski definition) is 7. The van der Waals surface area contributed by atoms with Gasteiger partial charge < -0.3 is 24.1 Å². The molecule has 1 aliphatic carbocycles. The largest absolute Gasteiger partial charge is 0.423 e. The first-order valence-corrected chi connectivity index (χ1v) is 15.3. The van der Waals surface area contributed by atoms with Crippen LogP contribution in [0.4, 0.5) is 17.4 Å². The highest BCUT2D eigenvalue weighted by molar-refractivity contribution is 7.70. The normalized spacial score (nSPS) is 16.4. The van der Waals surface area contributed by atoms with Crippen LogP contribution in [0.5, 0.6) is 0 Å². The average Bonchev–Trinajstić information content (AvgIpc) is 3.46. The number of para-hydroxylation sites is 1. The SMILES string of the molecule is CN1CCN(c2cc(Nc3nc4cccc(-c5ccc6c(c5)CCC6=O)c4o3)cc(P(C)(C)=O)c2)CC1. The van der Waals surface area contributed by atoms with Gasteiger partial charge in [-0.25, -0.2) is 0 Å². The third-order valence-corrected chi connectivity index (χ3v) is 8.90. The van der Waals surface area contributed by atoms with E-state index >= 15 is 0 Å². The maximum atomic E-state index is 13.0. The van der Waals surface area contributed by atoms with Gasteiger partial charge in [-0.2, -0.15) is 4.98 Å². The van der Waals surface area contributed by atoms with Crippen LogP contribution in [0.15, 0.2) is 59.0 Å². The Balaban J connectivity index is 1.35. The lowest BCUT2D eigenvalue weighted by atomic mass is 10.00. The van der Waals surface area contributed by atoms with Crippen LogP contribution in [-0.4, -0.2) is 62.2 Å². The van der Waals surface area contributed by atoms with Gasteiger partial charge in [0.1, 0.15) is 12.7 Å². The summed E-state index contributed by atoms with van der Waals surface area (Å²) in [4.78, 5) is 21.4. The minimum absolute atomic E-state index is 0.216. The Kier molecular flexibility index (Phi) is 5.93.